The highest BCUT2D eigenvalue weighted by Gasteiger charge is 2.22. The lowest BCUT2D eigenvalue weighted by Gasteiger charge is -2.36. The van der Waals surface area contributed by atoms with E-state index < -0.39 is 0 Å². The van der Waals surface area contributed by atoms with E-state index in [2.05, 4.69) is 14.8 Å². The number of piperazine rings is 1. The molecule has 3 heterocycles. The number of anilines is 2. The van der Waals surface area contributed by atoms with E-state index in [9.17, 15) is 10.1 Å². The zero-order valence-electron chi connectivity index (χ0n) is 18.9. The summed E-state index contributed by atoms with van der Waals surface area (Å²) in [4.78, 5) is 24.5. The van der Waals surface area contributed by atoms with Crippen molar-refractivity contribution in [1.29, 1.82) is 0 Å². The number of aromatic nitrogens is 3. The highest BCUT2D eigenvalue weighted by molar-refractivity contribution is 5.69. The zero-order chi connectivity index (χ0) is 23.7. The average molecular weight is 460 g/mol. The molecule has 0 aliphatic carbocycles. The molecule has 1 aliphatic heterocycles. The van der Waals surface area contributed by atoms with E-state index >= 15 is 0 Å². The third-order valence-corrected chi connectivity index (χ3v) is 6.04. The van der Waals surface area contributed by atoms with Crippen LogP contribution in [0.3, 0.4) is 0 Å². The summed E-state index contributed by atoms with van der Waals surface area (Å²) in [7, 11) is 3.23. The zero-order valence-corrected chi connectivity index (χ0v) is 18.9. The number of fused-ring (bicyclic) bond motifs is 1. The predicted octanol–water partition coefficient (Wildman–Crippen LogP) is 3.65. The van der Waals surface area contributed by atoms with Crippen LogP contribution >= 0.6 is 0 Å². The second kappa shape index (κ2) is 8.89. The average Bonchev–Trinajstić information content (AvgIpc) is 3.37. The molecule has 0 amide bonds. The fraction of sp³-hybridized carbons (Fsp3) is 0.250. The third kappa shape index (κ3) is 3.94. The molecule has 34 heavy (non-hydrogen) atoms. The number of hydrogen-bond donors (Lipinski definition) is 0. The van der Waals surface area contributed by atoms with E-state index in [0.717, 1.165) is 54.7 Å². The molecule has 10 heteroatoms. The number of nitrogens with zero attached hydrogens (tertiary/aromatic N) is 6. The van der Waals surface area contributed by atoms with Gasteiger partial charge in [0.15, 0.2) is 11.5 Å². The summed E-state index contributed by atoms with van der Waals surface area (Å²) in [6.45, 7) is 3.06. The Morgan fingerprint density at radius 1 is 0.912 bits per heavy atom. The first-order valence-electron chi connectivity index (χ1n) is 10.9. The van der Waals surface area contributed by atoms with Crippen molar-refractivity contribution >= 4 is 23.0 Å². The minimum Gasteiger partial charge on any atom is -0.493 e. The highest BCUT2D eigenvalue weighted by Crippen LogP contribution is 2.33. The lowest BCUT2D eigenvalue weighted by atomic mass is 10.1. The SMILES string of the molecule is COc1ccc(-c2cc3nccn3c(N3CCN(c4ccc([N+](=O)[O-])cc4)CC3)n2)cc1OC. The summed E-state index contributed by atoms with van der Waals surface area (Å²) in [6, 6.07) is 14.4. The smallest absolute Gasteiger partial charge is 0.269 e. The summed E-state index contributed by atoms with van der Waals surface area (Å²) in [5.41, 5.74) is 3.60. The Balaban J connectivity index is 1.41. The first-order chi connectivity index (χ1) is 16.6. The van der Waals surface area contributed by atoms with Crippen molar-refractivity contribution in [2.75, 3.05) is 50.2 Å². The fourth-order valence-electron chi connectivity index (χ4n) is 4.22. The van der Waals surface area contributed by atoms with Crippen molar-refractivity contribution < 1.29 is 14.4 Å². The molecular formula is C24H24N6O4. The van der Waals surface area contributed by atoms with Crippen molar-refractivity contribution in [3.05, 3.63) is 71.0 Å². The maximum Gasteiger partial charge on any atom is 0.269 e. The quantitative estimate of drug-likeness (QED) is 0.318. The van der Waals surface area contributed by atoms with Crippen molar-refractivity contribution in [3.8, 4) is 22.8 Å². The Labute approximate surface area is 196 Å². The van der Waals surface area contributed by atoms with E-state index in [1.807, 2.05) is 34.9 Å². The van der Waals surface area contributed by atoms with Crippen LogP contribution in [0, 0.1) is 10.1 Å². The Kier molecular flexibility index (Phi) is 5.62. The van der Waals surface area contributed by atoms with Crippen LogP contribution in [0.2, 0.25) is 0 Å². The van der Waals surface area contributed by atoms with Crippen molar-refractivity contribution in [3.63, 3.8) is 0 Å². The lowest BCUT2D eigenvalue weighted by molar-refractivity contribution is -0.384. The van der Waals surface area contributed by atoms with E-state index in [1.54, 1.807) is 44.7 Å². The monoisotopic (exact) mass is 460 g/mol. The number of benzene rings is 2. The van der Waals surface area contributed by atoms with Gasteiger partial charge in [0, 0.05) is 68.0 Å². The molecule has 5 rings (SSSR count). The maximum absolute atomic E-state index is 10.9. The van der Waals surface area contributed by atoms with Crippen LogP contribution < -0.4 is 19.3 Å². The second-order valence-electron chi connectivity index (χ2n) is 7.91. The number of imidazole rings is 1. The number of non-ortho nitro benzene ring substituents is 1. The molecule has 0 saturated carbocycles. The van der Waals surface area contributed by atoms with Gasteiger partial charge >= 0.3 is 0 Å². The molecule has 1 fully saturated rings. The van der Waals surface area contributed by atoms with E-state index in [0.29, 0.717) is 11.5 Å². The predicted molar refractivity (Wildman–Crippen MR) is 129 cm³/mol. The van der Waals surface area contributed by atoms with E-state index in [-0.39, 0.29) is 10.6 Å². The number of hydrogen-bond acceptors (Lipinski definition) is 8. The topological polar surface area (TPSA) is 98.3 Å². The molecule has 174 valence electrons. The van der Waals surface area contributed by atoms with Gasteiger partial charge in [-0.15, -0.1) is 0 Å². The van der Waals surface area contributed by atoms with Gasteiger partial charge in [0.25, 0.3) is 5.69 Å². The summed E-state index contributed by atoms with van der Waals surface area (Å²) < 4.78 is 12.8. The van der Waals surface area contributed by atoms with Crippen LogP contribution in [-0.2, 0) is 0 Å². The van der Waals surface area contributed by atoms with Crippen molar-refractivity contribution in [2.24, 2.45) is 0 Å². The summed E-state index contributed by atoms with van der Waals surface area (Å²) >= 11 is 0. The van der Waals surface area contributed by atoms with Gasteiger partial charge < -0.3 is 19.3 Å². The molecule has 0 bridgehead atoms. The molecule has 1 saturated heterocycles. The molecule has 2 aromatic heterocycles. The van der Waals surface area contributed by atoms with Crippen LogP contribution in [0.4, 0.5) is 17.3 Å². The second-order valence-corrected chi connectivity index (χ2v) is 7.91. The Morgan fingerprint density at radius 3 is 2.29 bits per heavy atom. The maximum atomic E-state index is 10.9. The molecule has 4 aromatic rings. The number of rotatable bonds is 6. The Hall–Kier alpha value is -4.34. The van der Waals surface area contributed by atoms with Crippen molar-refractivity contribution in [2.45, 2.75) is 0 Å². The van der Waals surface area contributed by atoms with Gasteiger partial charge in [-0.25, -0.2) is 9.97 Å². The van der Waals surface area contributed by atoms with E-state index in [4.69, 9.17) is 14.5 Å². The normalized spacial score (nSPS) is 13.8. The molecular weight excluding hydrogens is 436 g/mol. The van der Waals surface area contributed by atoms with Gasteiger partial charge in [-0.1, -0.05) is 0 Å². The summed E-state index contributed by atoms with van der Waals surface area (Å²) in [5.74, 6) is 2.13. The molecule has 0 unspecified atom stereocenters. The van der Waals surface area contributed by atoms with Gasteiger partial charge in [-0.05, 0) is 30.3 Å². The summed E-state index contributed by atoms with van der Waals surface area (Å²) in [6.07, 6.45) is 3.69. The van der Waals surface area contributed by atoms with Crippen LogP contribution in [0.25, 0.3) is 16.9 Å². The summed E-state index contributed by atoms with van der Waals surface area (Å²) in [5, 5.41) is 10.9. The number of methoxy groups -OCH3 is 2. The van der Waals surface area contributed by atoms with Crippen LogP contribution in [0.5, 0.6) is 11.5 Å². The molecule has 10 nitrogen and oxygen atoms in total. The molecule has 0 atom stereocenters. The molecule has 0 radical (unpaired) electrons. The Morgan fingerprint density at radius 2 is 1.62 bits per heavy atom. The fourth-order valence-corrected chi connectivity index (χ4v) is 4.22. The highest BCUT2D eigenvalue weighted by atomic mass is 16.6. The minimum atomic E-state index is -0.380. The first-order valence-corrected chi connectivity index (χ1v) is 10.9. The number of ether oxygens (including phenoxy) is 2. The molecule has 0 N–H and O–H groups in total. The van der Waals surface area contributed by atoms with Crippen LogP contribution in [-0.4, -0.2) is 59.7 Å². The van der Waals surface area contributed by atoms with Crippen molar-refractivity contribution in [1.82, 2.24) is 14.4 Å². The Bertz CT molecular complexity index is 1330. The van der Waals surface area contributed by atoms with Gasteiger partial charge in [-0.3, -0.25) is 14.5 Å². The van der Waals surface area contributed by atoms with Crippen LogP contribution in [0.1, 0.15) is 0 Å². The third-order valence-electron chi connectivity index (χ3n) is 6.04. The number of nitro benzene ring substituents is 1. The molecule has 1 aliphatic rings. The first kappa shape index (κ1) is 21.5. The van der Waals surface area contributed by atoms with Gasteiger partial charge in [0.05, 0.1) is 24.8 Å². The molecule has 0 spiro atoms. The largest absolute Gasteiger partial charge is 0.493 e. The number of nitro groups is 1. The van der Waals surface area contributed by atoms with Gasteiger partial charge in [0.2, 0.25) is 5.95 Å². The standard InChI is InChI=1S/C24H24N6O4/c1-33-21-8-3-17(15-22(21)34-2)20-16-23-25-9-10-29(23)24(26-20)28-13-11-27(12-14-28)18-4-6-19(7-5-18)30(31)32/h3-10,15-16H,11-14H2,1-2H3. The minimum absolute atomic E-state index is 0.0982. The molecule has 2 aromatic carbocycles. The van der Waals surface area contributed by atoms with Gasteiger partial charge in [0.1, 0.15) is 5.65 Å². The lowest BCUT2D eigenvalue weighted by Crippen LogP contribution is -2.47. The van der Waals surface area contributed by atoms with E-state index in [1.165, 1.54) is 0 Å². The van der Waals surface area contributed by atoms with Crippen LogP contribution in [0.15, 0.2) is 60.9 Å². The van der Waals surface area contributed by atoms with Gasteiger partial charge in [-0.2, -0.15) is 0 Å².